The van der Waals surface area contributed by atoms with Crippen molar-refractivity contribution in [2.75, 3.05) is 0 Å². The molecule has 0 amide bonds. The minimum Gasteiger partial charge on any atom is -0.456 e. The summed E-state index contributed by atoms with van der Waals surface area (Å²) in [5, 5.41) is 15.4. The van der Waals surface area contributed by atoms with Crippen molar-refractivity contribution < 1.29 is 4.42 Å². The Kier molecular flexibility index (Phi) is 8.44. The number of aryl methyl sites for hydroxylation is 2. The molecule has 0 unspecified atom stereocenters. The third kappa shape index (κ3) is 5.74. The Morgan fingerprint density at radius 2 is 0.941 bits per heavy atom. The maximum absolute atomic E-state index is 6.65. The molecule has 0 radical (unpaired) electrons. The summed E-state index contributed by atoms with van der Waals surface area (Å²) >= 11 is 0. The summed E-state index contributed by atoms with van der Waals surface area (Å²) in [5.41, 5.74) is 7.56. The Hall–Kier alpha value is -5.14. The first-order valence-electron chi connectivity index (χ1n) is 19.4. The van der Waals surface area contributed by atoms with Crippen LogP contribution in [0.5, 0.6) is 0 Å². The normalized spacial score (nSPS) is 12.1. The molecule has 9 rings (SSSR count). The van der Waals surface area contributed by atoms with E-state index >= 15 is 0 Å². The SMILES string of the molecule is CCCCCCc1cc2c3cc(-c4cccc5ccccc45)ccc3c3cc4oc5cc6ccccc6cc5c4cc3c2cc1CCCCCC. The standard InChI is InChI=1S/C50H46O/c1-3-5-7-9-17-34-26-43-42-29-38(40-23-15-21-33-16-13-14-22-39(33)40)24-25-41(42)46-32-50-48(31-45(46)44(43)27-35(34)18-10-8-6-4-2)47-28-36-19-11-12-20-37(36)30-49(47)51-50/h11-16,19-32H,3-10,17-18H2,1-2H3. The molecule has 0 spiro atoms. The first-order valence-corrected chi connectivity index (χ1v) is 19.4. The third-order valence-corrected chi connectivity index (χ3v) is 11.4. The number of rotatable bonds is 11. The van der Waals surface area contributed by atoms with Crippen molar-refractivity contribution >= 4 is 75.8 Å². The summed E-state index contributed by atoms with van der Waals surface area (Å²) in [5.74, 6) is 0. The molecule has 1 nitrogen and oxygen atoms in total. The summed E-state index contributed by atoms with van der Waals surface area (Å²) < 4.78 is 6.65. The van der Waals surface area contributed by atoms with Crippen LogP contribution in [0.2, 0.25) is 0 Å². The number of furan rings is 1. The van der Waals surface area contributed by atoms with Crippen molar-refractivity contribution in [1.29, 1.82) is 0 Å². The van der Waals surface area contributed by atoms with Gasteiger partial charge in [0.15, 0.2) is 0 Å². The first kappa shape index (κ1) is 31.8. The van der Waals surface area contributed by atoms with Gasteiger partial charge in [0.2, 0.25) is 0 Å². The average Bonchev–Trinajstić information content (AvgIpc) is 3.52. The average molecular weight is 663 g/mol. The fourth-order valence-electron chi connectivity index (χ4n) is 8.68. The van der Waals surface area contributed by atoms with Crippen LogP contribution in [0.1, 0.15) is 76.3 Å². The van der Waals surface area contributed by atoms with Crippen LogP contribution in [0.15, 0.2) is 126 Å². The Morgan fingerprint density at radius 1 is 0.373 bits per heavy atom. The molecule has 252 valence electrons. The van der Waals surface area contributed by atoms with Crippen LogP contribution in [-0.4, -0.2) is 0 Å². The van der Waals surface area contributed by atoms with Crippen LogP contribution >= 0.6 is 0 Å². The van der Waals surface area contributed by atoms with Gasteiger partial charge in [-0.05, 0) is 132 Å². The van der Waals surface area contributed by atoms with E-state index in [1.165, 1.54) is 127 Å². The highest BCUT2D eigenvalue weighted by atomic mass is 16.3. The predicted molar refractivity (Wildman–Crippen MR) is 222 cm³/mol. The van der Waals surface area contributed by atoms with Crippen LogP contribution in [0.25, 0.3) is 86.9 Å². The Bertz CT molecular complexity index is 2720. The molecule has 0 N–H and O–H groups in total. The molecule has 0 bridgehead atoms. The lowest BCUT2D eigenvalue weighted by Crippen LogP contribution is -1.98. The molecule has 0 atom stereocenters. The molecular weight excluding hydrogens is 617 g/mol. The molecule has 0 saturated heterocycles. The molecule has 1 heteroatoms. The summed E-state index contributed by atoms with van der Waals surface area (Å²) in [6, 6.07) is 45.7. The molecule has 0 aliphatic heterocycles. The van der Waals surface area contributed by atoms with Gasteiger partial charge >= 0.3 is 0 Å². The van der Waals surface area contributed by atoms with Crippen molar-refractivity contribution in [3.63, 3.8) is 0 Å². The van der Waals surface area contributed by atoms with Gasteiger partial charge in [0.05, 0.1) is 0 Å². The van der Waals surface area contributed by atoms with Gasteiger partial charge in [-0.2, -0.15) is 0 Å². The van der Waals surface area contributed by atoms with Gasteiger partial charge in [-0.3, -0.25) is 0 Å². The van der Waals surface area contributed by atoms with Gasteiger partial charge in [0.1, 0.15) is 11.2 Å². The second kappa shape index (κ2) is 13.5. The van der Waals surface area contributed by atoms with E-state index in [1.807, 2.05) is 0 Å². The second-order valence-corrected chi connectivity index (χ2v) is 14.8. The van der Waals surface area contributed by atoms with E-state index in [0.717, 1.165) is 24.0 Å². The molecule has 1 aromatic heterocycles. The molecule has 1 heterocycles. The van der Waals surface area contributed by atoms with E-state index in [2.05, 4.69) is 135 Å². The van der Waals surface area contributed by atoms with Crippen LogP contribution in [0.3, 0.4) is 0 Å². The van der Waals surface area contributed by atoms with Gasteiger partial charge in [-0.25, -0.2) is 0 Å². The highest BCUT2D eigenvalue weighted by Gasteiger charge is 2.18. The first-order chi connectivity index (χ1) is 25.2. The van der Waals surface area contributed by atoms with Crippen LogP contribution in [0, 0.1) is 0 Å². The minimum atomic E-state index is 0.955. The fourth-order valence-corrected chi connectivity index (χ4v) is 8.68. The van der Waals surface area contributed by atoms with Gasteiger partial charge < -0.3 is 4.42 Å². The maximum Gasteiger partial charge on any atom is 0.136 e. The van der Waals surface area contributed by atoms with E-state index in [0.29, 0.717) is 0 Å². The smallest absolute Gasteiger partial charge is 0.136 e. The van der Waals surface area contributed by atoms with Crippen LogP contribution < -0.4 is 0 Å². The van der Waals surface area contributed by atoms with E-state index in [-0.39, 0.29) is 0 Å². The van der Waals surface area contributed by atoms with Gasteiger partial charge in [-0.15, -0.1) is 0 Å². The largest absolute Gasteiger partial charge is 0.456 e. The van der Waals surface area contributed by atoms with Crippen LogP contribution in [-0.2, 0) is 12.8 Å². The van der Waals surface area contributed by atoms with Gasteiger partial charge in [0.25, 0.3) is 0 Å². The third-order valence-electron chi connectivity index (χ3n) is 11.4. The molecule has 0 aliphatic carbocycles. The monoisotopic (exact) mass is 662 g/mol. The highest BCUT2D eigenvalue weighted by Crippen LogP contribution is 2.43. The second-order valence-electron chi connectivity index (χ2n) is 14.8. The number of benzene rings is 8. The molecule has 8 aromatic carbocycles. The zero-order valence-electron chi connectivity index (χ0n) is 30.0. The summed E-state index contributed by atoms with van der Waals surface area (Å²) in [4.78, 5) is 0. The zero-order chi connectivity index (χ0) is 34.3. The summed E-state index contributed by atoms with van der Waals surface area (Å²) in [7, 11) is 0. The molecule has 51 heavy (non-hydrogen) atoms. The number of hydrogen-bond donors (Lipinski definition) is 0. The zero-order valence-corrected chi connectivity index (χ0v) is 30.0. The maximum atomic E-state index is 6.65. The van der Waals surface area contributed by atoms with Crippen molar-refractivity contribution in [3.05, 3.63) is 132 Å². The lowest BCUT2D eigenvalue weighted by atomic mass is 9.86. The number of hydrogen-bond acceptors (Lipinski definition) is 1. The molecule has 9 aromatic rings. The van der Waals surface area contributed by atoms with Crippen molar-refractivity contribution in [2.45, 2.75) is 78.1 Å². The predicted octanol–water partition coefficient (Wildman–Crippen LogP) is 15.3. The fraction of sp³-hybridized carbons (Fsp3) is 0.240. The van der Waals surface area contributed by atoms with Crippen molar-refractivity contribution in [3.8, 4) is 11.1 Å². The lowest BCUT2D eigenvalue weighted by molar-refractivity contribution is 0.651. The van der Waals surface area contributed by atoms with E-state index in [4.69, 9.17) is 4.42 Å². The molecule has 0 saturated carbocycles. The van der Waals surface area contributed by atoms with Crippen molar-refractivity contribution in [1.82, 2.24) is 0 Å². The number of fused-ring (bicyclic) bond motifs is 11. The topological polar surface area (TPSA) is 13.1 Å². The van der Waals surface area contributed by atoms with Gasteiger partial charge in [0, 0.05) is 10.8 Å². The molecule has 0 fully saturated rings. The van der Waals surface area contributed by atoms with Crippen molar-refractivity contribution in [2.24, 2.45) is 0 Å². The summed E-state index contributed by atoms with van der Waals surface area (Å²) in [6.45, 7) is 4.62. The lowest BCUT2D eigenvalue weighted by Gasteiger charge is -2.17. The highest BCUT2D eigenvalue weighted by molar-refractivity contribution is 6.29. The minimum absolute atomic E-state index is 0.955. The van der Waals surface area contributed by atoms with Crippen LogP contribution in [0.4, 0.5) is 0 Å². The van der Waals surface area contributed by atoms with E-state index in [9.17, 15) is 0 Å². The molecule has 0 aliphatic rings. The Morgan fingerprint density at radius 3 is 1.67 bits per heavy atom. The quantitative estimate of drug-likeness (QED) is 0.0992. The molecular formula is C50H46O. The van der Waals surface area contributed by atoms with E-state index in [1.54, 1.807) is 11.1 Å². The van der Waals surface area contributed by atoms with Gasteiger partial charge in [-0.1, -0.05) is 143 Å². The number of unbranched alkanes of at least 4 members (excludes halogenated alkanes) is 6. The Balaban J connectivity index is 1.33. The summed E-state index contributed by atoms with van der Waals surface area (Å²) in [6.07, 6.45) is 12.6. The Labute approximate surface area is 300 Å². The van der Waals surface area contributed by atoms with E-state index < -0.39 is 0 Å².